The Bertz CT molecular complexity index is 447. The largest absolute Gasteiger partial charge is 0.586 e. The van der Waals surface area contributed by atoms with E-state index in [9.17, 15) is 13.6 Å². The number of ether oxygens (including phenoxy) is 2. The molecule has 0 fully saturated rings. The van der Waals surface area contributed by atoms with Crippen molar-refractivity contribution in [1.29, 1.82) is 0 Å². The van der Waals surface area contributed by atoms with Crippen molar-refractivity contribution in [1.82, 2.24) is 0 Å². The van der Waals surface area contributed by atoms with Crippen molar-refractivity contribution in [2.24, 2.45) is 0 Å². The number of carboxylic acid groups (broad SMARTS) is 1. The van der Waals surface area contributed by atoms with Crippen LogP contribution < -0.4 is 9.47 Å². The first-order valence-corrected chi connectivity index (χ1v) is 4.10. The number of hydrogen-bond donors (Lipinski definition) is 1. The summed E-state index contributed by atoms with van der Waals surface area (Å²) in [5.74, 6) is -2.07. The summed E-state index contributed by atoms with van der Waals surface area (Å²) in [6, 6.07) is 2.12. The van der Waals surface area contributed by atoms with Crippen molar-refractivity contribution in [3.05, 3.63) is 22.7 Å². The second-order valence-electron chi connectivity index (χ2n) is 2.73. The van der Waals surface area contributed by atoms with Gasteiger partial charge < -0.3 is 14.6 Å². The smallest absolute Gasteiger partial charge is 0.478 e. The predicted octanol–water partition coefficient (Wildman–Crippen LogP) is 2.36. The van der Waals surface area contributed by atoms with Crippen molar-refractivity contribution < 1.29 is 28.2 Å². The maximum absolute atomic E-state index is 12.6. The van der Waals surface area contributed by atoms with Gasteiger partial charge in [0.2, 0.25) is 0 Å². The lowest BCUT2D eigenvalue weighted by atomic mass is 10.2. The van der Waals surface area contributed by atoms with Crippen molar-refractivity contribution in [3.8, 4) is 11.5 Å². The number of carboxylic acids is 1. The minimum absolute atomic E-state index is 0.282. The molecule has 0 spiro atoms. The number of rotatable bonds is 1. The van der Waals surface area contributed by atoms with E-state index in [0.717, 1.165) is 12.1 Å². The van der Waals surface area contributed by atoms with Crippen LogP contribution in [-0.2, 0) is 0 Å². The molecule has 1 aromatic carbocycles. The Morgan fingerprint density at radius 3 is 2.67 bits per heavy atom. The minimum atomic E-state index is -3.80. The first-order chi connectivity index (χ1) is 6.91. The molecule has 7 heteroatoms. The molecule has 0 unspecified atom stereocenters. The Morgan fingerprint density at radius 1 is 1.40 bits per heavy atom. The molecule has 1 heterocycles. The number of hydrogen-bond acceptors (Lipinski definition) is 3. The van der Waals surface area contributed by atoms with E-state index in [1.807, 2.05) is 0 Å². The van der Waals surface area contributed by atoms with Gasteiger partial charge in [0.25, 0.3) is 0 Å². The van der Waals surface area contributed by atoms with Crippen LogP contribution in [0.15, 0.2) is 12.1 Å². The first kappa shape index (κ1) is 9.97. The number of aromatic carboxylic acids is 1. The van der Waals surface area contributed by atoms with E-state index >= 15 is 0 Å². The van der Waals surface area contributed by atoms with Crippen molar-refractivity contribution in [2.45, 2.75) is 6.29 Å². The van der Waals surface area contributed by atoms with Gasteiger partial charge in [-0.05, 0) is 12.1 Å². The number of alkyl halides is 2. The van der Waals surface area contributed by atoms with Crippen LogP contribution in [0.2, 0.25) is 5.02 Å². The van der Waals surface area contributed by atoms with Gasteiger partial charge in [-0.3, -0.25) is 0 Å². The van der Waals surface area contributed by atoms with Gasteiger partial charge in [-0.25, -0.2) is 4.79 Å². The molecule has 0 atom stereocenters. The third kappa shape index (κ3) is 1.56. The van der Waals surface area contributed by atoms with Crippen LogP contribution in [0.5, 0.6) is 11.5 Å². The van der Waals surface area contributed by atoms with E-state index in [1.165, 1.54) is 0 Å². The maximum Gasteiger partial charge on any atom is 0.586 e. The van der Waals surface area contributed by atoms with E-state index in [-0.39, 0.29) is 11.3 Å². The van der Waals surface area contributed by atoms with Gasteiger partial charge >= 0.3 is 12.3 Å². The molecular formula is C8H3ClF2O4. The normalized spacial score (nSPS) is 16.5. The third-order valence-electron chi connectivity index (χ3n) is 1.74. The van der Waals surface area contributed by atoms with E-state index in [4.69, 9.17) is 16.7 Å². The molecule has 0 aromatic heterocycles. The number of carbonyl (C=O) groups is 1. The van der Waals surface area contributed by atoms with Crippen molar-refractivity contribution in [2.75, 3.05) is 0 Å². The highest BCUT2D eigenvalue weighted by Gasteiger charge is 2.45. The fourth-order valence-electron chi connectivity index (χ4n) is 1.15. The molecule has 1 aromatic rings. The summed E-state index contributed by atoms with van der Waals surface area (Å²) >= 11 is 5.56. The maximum atomic E-state index is 12.6. The molecule has 0 saturated carbocycles. The van der Waals surface area contributed by atoms with Gasteiger partial charge in [0.1, 0.15) is 5.02 Å². The molecule has 1 aliphatic heterocycles. The molecule has 1 aliphatic rings. The molecule has 0 radical (unpaired) electrons. The molecule has 0 bridgehead atoms. The number of halogens is 3. The highest BCUT2D eigenvalue weighted by atomic mass is 35.5. The van der Waals surface area contributed by atoms with Crippen LogP contribution in [-0.4, -0.2) is 17.4 Å². The van der Waals surface area contributed by atoms with Gasteiger partial charge in [0, 0.05) is 0 Å². The summed E-state index contributed by atoms with van der Waals surface area (Å²) in [4.78, 5) is 10.6. The molecule has 0 aliphatic carbocycles. The lowest BCUT2D eigenvalue weighted by molar-refractivity contribution is -0.286. The zero-order chi connectivity index (χ0) is 11.2. The Labute approximate surface area is 87.0 Å². The standard InChI is InChI=1S/C8H3ClF2O4/c9-5-3(7(12)13)1-2-4-6(5)15-8(10,11)14-4/h1-2H,(H,12,13). The fourth-order valence-corrected chi connectivity index (χ4v) is 1.42. The average Bonchev–Trinajstić information content (AvgIpc) is 2.40. The van der Waals surface area contributed by atoms with Crippen LogP contribution in [0.25, 0.3) is 0 Å². The number of fused-ring (bicyclic) bond motifs is 1. The van der Waals surface area contributed by atoms with Gasteiger partial charge in [0.05, 0.1) is 5.56 Å². The van der Waals surface area contributed by atoms with E-state index in [0.29, 0.717) is 0 Å². The Hall–Kier alpha value is -1.56. The first-order valence-electron chi connectivity index (χ1n) is 3.72. The highest BCUT2D eigenvalue weighted by Crippen LogP contribution is 2.46. The molecule has 0 saturated heterocycles. The summed E-state index contributed by atoms with van der Waals surface area (Å²) in [6.45, 7) is 0. The van der Waals surface area contributed by atoms with Crippen LogP contribution in [0.1, 0.15) is 10.4 Å². The van der Waals surface area contributed by atoms with Crippen LogP contribution in [0, 0.1) is 0 Å². The predicted molar refractivity (Wildman–Crippen MR) is 44.6 cm³/mol. The third-order valence-corrected chi connectivity index (χ3v) is 2.12. The topological polar surface area (TPSA) is 55.8 Å². The van der Waals surface area contributed by atoms with Crippen molar-refractivity contribution in [3.63, 3.8) is 0 Å². The monoisotopic (exact) mass is 236 g/mol. The van der Waals surface area contributed by atoms with E-state index in [2.05, 4.69) is 9.47 Å². The Morgan fingerprint density at radius 2 is 2.07 bits per heavy atom. The summed E-state index contributed by atoms with van der Waals surface area (Å²) in [5, 5.41) is 8.25. The lowest BCUT2D eigenvalue weighted by Gasteiger charge is -2.05. The summed E-state index contributed by atoms with van der Waals surface area (Å²) in [5.41, 5.74) is -0.322. The van der Waals surface area contributed by atoms with E-state index in [1.54, 1.807) is 0 Å². The molecule has 0 amide bonds. The fraction of sp³-hybridized carbons (Fsp3) is 0.125. The summed E-state index contributed by atoms with van der Waals surface area (Å²) in [7, 11) is 0. The summed E-state index contributed by atoms with van der Waals surface area (Å²) in [6.07, 6.45) is -3.80. The van der Waals surface area contributed by atoms with Gasteiger partial charge in [0.15, 0.2) is 11.5 Å². The average molecular weight is 237 g/mol. The van der Waals surface area contributed by atoms with Gasteiger partial charge in [-0.15, -0.1) is 8.78 Å². The molecule has 1 N–H and O–H groups in total. The second-order valence-corrected chi connectivity index (χ2v) is 3.10. The second kappa shape index (κ2) is 2.96. The summed E-state index contributed by atoms with van der Waals surface area (Å²) < 4.78 is 33.3. The zero-order valence-electron chi connectivity index (χ0n) is 6.96. The van der Waals surface area contributed by atoms with Crippen molar-refractivity contribution >= 4 is 17.6 Å². The Balaban J connectivity index is 2.53. The molecule has 80 valence electrons. The van der Waals surface area contributed by atoms with Gasteiger partial charge in [-0.1, -0.05) is 11.6 Å². The van der Waals surface area contributed by atoms with Gasteiger partial charge in [-0.2, -0.15) is 0 Å². The quantitative estimate of drug-likeness (QED) is 0.813. The number of benzene rings is 1. The molecule has 15 heavy (non-hydrogen) atoms. The SMILES string of the molecule is O=C(O)c1ccc2c(c1Cl)OC(F)(F)O2. The zero-order valence-corrected chi connectivity index (χ0v) is 7.72. The van der Waals surface area contributed by atoms with E-state index < -0.39 is 23.0 Å². The minimum Gasteiger partial charge on any atom is -0.478 e. The molecular weight excluding hydrogens is 234 g/mol. The molecule has 2 rings (SSSR count). The van der Waals surface area contributed by atoms with Crippen LogP contribution in [0.3, 0.4) is 0 Å². The highest BCUT2D eigenvalue weighted by molar-refractivity contribution is 6.35. The molecule has 4 nitrogen and oxygen atoms in total. The van der Waals surface area contributed by atoms with Crippen LogP contribution >= 0.6 is 11.6 Å². The lowest BCUT2D eigenvalue weighted by Crippen LogP contribution is -2.26. The Kier molecular flexibility index (Phi) is 1.97. The van der Waals surface area contributed by atoms with Crippen LogP contribution in [0.4, 0.5) is 8.78 Å².